The summed E-state index contributed by atoms with van der Waals surface area (Å²) in [7, 11) is -2.95. The molecular weight excluding hydrogens is 178 g/mol. The Kier molecular flexibility index (Phi) is 9.02. The second kappa shape index (κ2) is 7.52. The minimum atomic E-state index is -2.95. The smallest absolute Gasteiger partial charge is 0.152 e. The summed E-state index contributed by atoms with van der Waals surface area (Å²) in [6.07, 6.45) is 2.69. The zero-order valence-electron chi connectivity index (χ0n) is 7.62. The van der Waals surface area contributed by atoms with Gasteiger partial charge in [0.2, 0.25) is 0 Å². The Morgan fingerprint density at radius 1 is 1.17 bits per heavy atom. The number of rotatable bonds is 6. The van der Waals surface area contributed by atoms with Crippen LogP contribution in [0.25, 0.3) is 0 Å². The number of aliphatic hydroxyl groups is 1. The first-order valence-electron chi connectivity index (χ1n) is 3.93. The van der Waals surface area contributed by atoms with Gasteiger partial charge in [-0.05, 0) is 6.42 Å². The van der Waals surface area contributed by atoms with E-state index in [1.165, 1.54) is 0 Å². The Bertz CT molecular complexity index is 177. The topological polar surface area (TPSA) is 89.4 Å². The molecule has 0 fully saturated rings. The largest absolute Gasteiger partial charge is 0.395 e. The van der Waals surface area contributed by atoms with Crippen molar-refractivity contribution in [3.63, 3.8) is 0 Å². The molecule has 0 unspecified atom stereocenters. The highest BCUT2D eigenvalue weighted by Gasteiger charge is 2.07. The quantitative estimate of drug-likeness (QED) is 0.615. The molecule has 4 N–H and O–H groups in total. The van der Waals surface area contributed by atoms with Crippen molar-refractivity contribution >= 4 is 9.84 Å². The molecule has 76 valence electrons. The van der Waals surface area contributed by atoms with Crippen molar-refractivity contribution < 1.29 is 13.5 Å². The molecule has 0 aromatic carbocycles. The fourth-order valence-electron chi connectivity index (χ4n) is 0.813. The second-order valence-electron chi connectivity index (χ2n) is 2.58. The van der Waals surface area contributed by atoms with Crippen LogP contribution in [-0.2, 0) is 9.84 Å². The SMILES string of the molecule is CCCCCS(=O)(=O)CCO.N. The Balaban J connectivity index is 0. The first-order chi connectivity index (χ1) is 5.12. The predicted molar refractivity (Wildman–Crippen MR) is 50.3 cm³/mol. The zero-order valence-corrected chi connectivity index (χ0v) is 8.44. The van der Waals surface area contributed by atoms with Crippen LogP contribution in [0.2, 0.25) is 0 Å². The average molecular weight is 197 g/mol. The molecule has 0 aliphatic rings. The van der Waals surface area contributed by atoms with Crippen LogP contribution in [0.4, 0.5) is 0 Å². The van der Waals surface area contributed by atoms with Crippen molar-refractivity contribution in [1.82, 2.24) is 6.15 Å². The Labute approximate surface area is 74.5 Å². The summed E-state index contributed by atoms with van der Waals surface area (Å²) in [6, 6.07) is 0. The van der Waals surface area contributed by atoms with E-state index in [1.807, 2.05) is 6.92 Å². The van der Waals surface area contributed by atoms with E-state index in [0.717, 1.165) is 19.3 Å². The maximum atomic E-state index is 10.9. The molecule has 0 saturated heterocycles. The van der Waals surface area contributed by atoms with E-state index in [1.54, 1.807) is 0 Å². The van der Waals surface area contributed by atoms with Crippen molar-refractivity contribution in [2.24, 2.45) is 0 Å². The normalized spacial score (nSPS) is 10.8. The summed E-state index contributed by atoms with van der Waals surface area (Å²) in [5, 5.41) is 8.38. The van der Waals surface area contributed by atoms with Gasteiger partial charge in [-0.25, -0.2) is 8.42 Å². The summed E-state index contributed by atoms with van der Waals surface area (Å²) < 4.78 is 21.9. The van der Waals surface area contributed by atoms with Crippen molar-refractivity contribution in [1.29, 1.82) is 0 Å². The molecule has 0 spiro atoms. The van der Waals surface area contributed by atoms with Gasteiger partial charge in [-0.15, -0.1) is 0 Å². The Hall–Kier alpha value is -0.130. The van der Waals surface area contributed by atoms with Crippen LogP contribution in [0.1, 0.15) is 26.2 Å². The molecule has 12 heavy (non-hydrogen) atoms. The van der Waals surface area contributed by atoms with Gasteiger partial charge in [-0.1, -0.05) is 19.8 Å². The third-order valence-corrected chi connectivity index (χ3v) is 3.18. The predicted octanol–water partition coefficient (Wildman–Crippen LogP) is 0.746. The van der Waals surface area contributed by atoms with E-state index >= 15 is 0 Å². The van der Waals surface area contributed by atoms with Crippen molar-refractivity contribution in [3.8, 4) is 0 Å². The molecule has 0 atom stereocenters. The van der Waals surface area contributed by atoms with Crippen LogP contribution in [0.5, 0.6) is 0 Å². The monoisotopic (exact) mass is 197 g/mol. The van der Waals surface area contributed by atoms with Gasteiger partial charge in [0.1, 0.15) is 0 Å². The minimum Gasteiger partial charge on any atom is -0.395 e. The van der Waals surface area contributed by atoms with Gasteiger partial charge in [0.05, 0.1) is 18.1 Å². The lowest BCUT2D eigenvalue weighted by Crippen LogP contribution is -2.13. The van der Waals surface area contributed by atoms with Gasteiger partial charge < -0.3 is 11.3 Å². The van der Waals surface area contributed by atoms with E-state index in [-0.39, 0.29) is 24.3 Å². The minimum absolute atomic E-state index is 0. The standard InChI is InChI=1S/C7H16O3S.H3N/c1-2-3-4-6-11(9,10)7-5-8;/h8H,2-7H2,1H3;1H3. The second-order valence-corrected chi connectivity index (χ2v) is 4.89. The summed E-state index contributed by atoms with van der Waals surface area (Å²) >= 11 is 0. The summed E-state index contributed by atoms with van der Waals surface area (Å²) in [4.78, 5) is 0. The Morgan fingerprint density at radius 3 is 2.17 bits per heavy atom. The summed E-state index contributed by atoms with van der Waals surface area (Å²) in [5.41, 5.74) is 0. The van der Waals surface area contributed by atoms with E-state index in [2.05, 4.69) is 0 Å². The number of aliphatic hydroxyl groups excluding tert-OH is 1. The number of hydrogen-bond donors (Lipinski definition) is 2. The van der Waals surface area contributed by atoms with Crippen molar-refractivity contribution in [2.75, 3.05) is 18.1 Å². The highest BCUT2D eigenvalue weighted by molar-refractivity contribution is 7.91. The molecule has 0 aliphatic heterocycles. The molecule has 0 radical (unpaired) electrons. The van der Waals surface area contributed by atoms with Crippen LogP contribution >= 0.6 is 0 Å². The van der Waals surface area contributed by atoms with Gasteiger partial charge in [0.25, 0.3) is 0 Å². The van der Waals surface area contributed by atoms with Gasteiger partial charge in [-0.2, -0.15) is 0 Å². The van der Waals surface area contributed by atoms with Crippen molar-refractivity contribution in [3.05, 3.63) is 0 Å². The van der Waals surface area contributed by atoms with Gasteiger partial charge in [0, 0.05) is 0 Å². The van der Waals surface area contributed by atoms with Crippen molar-refractivity contribution in [2.45, 2.75) is 26.2 Å². The van der Waals surface area contributed by atoms with E-state index in [4.69, 9.17) is 5.11 Å². The molecular formula is C7H19NO3S. The maximum Gasteiger partial charge on any atom is 0.152 e. The fourth-order valence-corrected chi connectivity index (χ4v) is 1.94. The van der Waals surface area contributed by atoms with E-state index in [9.17, 15) is 8.42 Å². The lowest BCUT2D eigenvalue weighted by atomic mass is 10.3. The van der Waals surface area contributed by atoms with Crippen LogP contribution in [0.15, 0.2) is 0 Å². The molecule has 4 nitrogen and oxygen atoms in total. The number of unbranched alkanes of at least 4 members (excludes halogenated alkanes) is 2. The van der Waals surface area contributed by atoms with Gasteiger partial charge in [-0.3, -0.25) is 0 Å². The molecule has 0 saturated carbocycles. The maximum absolute atomic E-state index is 10.9. The molecule has 0 heterocycles. The van der Waals surface area contributed by atoms with Crippen LogP contribution in [0.3, 0.4) is 0 Å². The fraction of sp³-hybridized carbons (Fsp3) is 1.00. The van der Waals surface area contributed by atoms with Gasteiger partial charge in [0.15, 0.2) is 9.84 Å². The Morgan fingerprint density at radius 2 is 1.75 bits per heavy atom. The zero-order chi connectivity index (χ0) is 8.74. The molecule has 0 aliphatic carbocycles. The highest BCUT2D eigenvalue weighted by atomic mass is 32.2. The first-order valence-corrected chi connectivity index (χ1v) is 5.76. The van der Waals surface area contributed by atoms with Crippen LogP contribution in [-0.4, -0.2) is 31.6 Å². The molecule has 0 aromatic heterocycles. The summed E-state index contributed by atoms with van der Waals surface area (Å²) in [5.74, 6) is 0.137. The third kappa shape index (κ3) is 7.97. The first kappa shape index (κ1) is 14.4. The van der Waals surface area contributed by atoms with E-state index < -0.39 is 9.84 Å². The number of sulfone groups is 1. The average Bonchev–Trinajstić information content (AvgIpc) is 1.87. The highest BCUT2D eigenvalue weighted by Crippen LogP contribution is 1.99. The molecule has 0 rings (SSSR count). The van der Waals surface area contributed by atoms with Gasteiger partial charge >= 0.3 is 0 Å². The molecule has 0 bridgehead atoms. The third-order valence-electron chi connectivity index (χ3n) is 1.46. The molecule has 0 amide bonds. The number of hydrogen-bond acceptors (Lipinski definition) is 4. The summed E-state index contributed by atoms with van der Waals surface area (Å²) in [6.45, 7) is 1.77. The van der Waals surface area contributed by atoms with Crippen LogP contribution in [0, 0.1) is 0 Å². The lowest BCUT2D eigenvalue weighted by Gasteiger charge is -1.99. The van der Waals surface area contributed by atoms with E-state index in [0.29, 0.717) is 0 Å². The molecule has 0 aromatic rings. The van der Waals surface area contributed by atoms with Crippen LogP contribution < -0.4 is 6.15 Å². The molecule has 5 heteroatoms. The lowest BCUT2D eigenvalue weighted by molar-refractivity contribution is 0.319.